The van der Waals surface area contributed by atoms with Crippen LogP contribution in [0.15, 0.2) is 64.5 Å². The fourth-order valence-corrected chi connectivity index (χ4v) is 4.21. The number of para-hydroxylation sites is 1. The van der Waals surface area contributed by atoms with E-state index in [1.54, 1.807) is 4.57 Å². The molecule has 1 aliphatic carbocycles. The molecular weight excluding hydrogens is 369 g/mol. The van der Waals surface area contributed by atoms with Crippen molar-refractivity contribution in [2.45, 2.75) is 25.8 Å². The number of aryl methyl sites for hydroxylation is 2. The number of hydrogen-bond donors (Lipinski definition) is 0. The zero-order valence-electron chi connectivity index (χ0n) is 15.7. The summed E-state index contributed by atoms with van der Waals surface area (Å²) in [6.45, 7) is 3.85. The van der Waals surface area contributed by atoms with E-state index in [1.165, 1.54) is 6.20 Å². The molecule has 3 aromatic rings. The normalized spacial score (nSPS) is 15.0. The van der Waals surface area contributed by atoms with Crippen LogP contribution in [0.25, 0.3) is 28.0 Å². The van der Waals surface area contributed by atoms with Gasteiger partial charge in [-0.05, 0) is 30.9 Å². The highest BCUT2D eigenvalue weighted by Crippen LogP contribution is 2.41. The standard InChI is InChI=1S/C24H18FNO3/c1-2-19(27)18-13-26-12-11-17-16-10-6-9-15(14-7-4-3-5-8-14)23(16)29-24(17)21(26)20(25)22(18)28/h2,4,6-10,13H,1,3,5,11-12H2. The molecule has 0 bridgehead atoms. The first-order chi connectivity index (χ1) is 14.1. The van der Waals surface area contributed by atoms with Crippen molar-refractivity contribution in [2.75, 3.05) is 0 Å². The van der Waals surface area contributed by atoms with Gasteiger partial charge in [-0.2, -0.15) is 0 Å². The Balaban J connectivity index is 1.77. The van der Waals surface area contributed by atoms with Gasteiger partial charge < -0.3 is 8.98 Å². The Hall–Kier alpha value is -3.47. The van der Waals surface area contributed by atoms with Crippen LogP contribution in [-0.2, 0) is 13.0 Å². The lowest BCUT2D eigenvalue weighted by atomic mass is 9.95. The molecule has 4 nitrogen and oxygen atoms in total. The maximum atomic E-state index is 15.1. The second-order valence-electron chi connectivity index (χ2n) is 7.28. The molecule has 0 amide bonds. The van der Waals surface area contributed by atoms with Crippen molar-refractivity contribution in [3.63, 3.8) is 0 Å². The number of fused-ring (bicyclic) bond motifs is 5. The highest BCUT2D eigenvalue weighted by molar-refractivity contribution is 6.04. The monoisotopic (exact) mass is 387 g/mol. The highest BCUT2D eigenvalue weighted by atomic mass is 19.1. The molecule has 2 aliphatic rings. The molecule has 2 aromatic heterocycles. The van der Waals surface area contributed by atoms with Gasteiger partial charge in [0.2, 0.25) is 5.43 Å². The average Bonchev–Trinajstić information content (AvgIpc) is 3.14. The molecule has 1 aliphatic heterocycles. The fourth-order valence-electron chi connectivity index (χ4n) is 4.21. The summed E-state index contributed by atoms with van der Waals surface area (Å²) in [7, 11) is 0. The summed E-state index contributed by atoms with van der Waals surface area (Å²) in [5.41, 5.74) is 2.60. The van der Waals surface area contributed by atoms with E-state index in [-0.39, 0.29) is 11.3 Å². The Labute approximate surface area is 166 Å². The predicted octanol–water partition coefficient (Wildman–Crippen LogP) is 5.06. The van der Waals surface area contributed by atoms with Crippen LogP contribution >= 0.6 is 0 Å². The van der Waals surface area contributed by atoms with Crippen molar-refractivity contribution in [1.29, 1.82) is 0 Å². The number of carbonyl (C=O) groups excluding carboxylic acids is 1. The summed E-state index contributed by atoms with van der Waals surface area (Å²) < 4.78 is 22.9. The van der Waals surface area contributed by atoms with E-state index in [0.717, 1.165) is 41.0 Å². The summed E-state index contributed by atoms with van der Waals surface area (Å²) >= 11 is 0. The third-order valence-corrected chi connectivity index (χ3v) is 5.62. The van der Waals surface area contributed by atoms with E-state index in [4.69, 9.17) is 4.42 Å². The van der Waals surface area contributed by atoms with Gasteiger partial charge in [-0.15, -0.1) is 0 Å². The minimum atomic E-state index is -0.962. The third kappa shape index (κ3) is 2.58. The van der Waals surface area contributed by atoms with Crippen LogP contribution < -0.4 is 5.43 Å². The molecular formula is C24H18FNO3. The maximum absolute atomic E-state index is 15.1. The van der Waals surface area contributed by atoms with Crippen LogP contribution in [0.3, 0.4) is 0 Å². The number of nitrogens with zero attached hydrogens (tertiary/aromatic N) is 1. The lowest BCUT2D eigenvalue weighted by molar-refractivity contribution is 0.104. The molecule has 1 aromatic carbocycles. The number of furan rings is 1. The Morgan fingerprint density at radius 3 is 2.90 bits per heavy atom. The molecule has 0 unspecified atom stereocenters. The number of pyridine rings is 1. The third-order valence-electron chi connectivity index (χ3n) is 5.62. The van der Waals surface area contributed by atoms with E-state index in [9.17, 15) is 9.59 Å². The van der Waals surface area contributed by atoms with Crippen molar-refractivity contribution >= 4 is 22.3 Å². The molecule has 0 atom stereocenters. The summed E-state index contributed by atoms with van der Waals surface area (Å²) in [4.78, 5) is 24.4. The topological polar surface area (TPSA) is 52.2 Å². The van der Waals surface area contributed by atoms with E-state index in [0.29, 0.717) is 24.3 Å². The van der Waals surface area contributed by atoms with Crippen molar-refractivity contribution < 1.29 is 13.6 Å². The van der Waals surface area contributed by atoms with E-state index < -0.39 is 17.0 Å². The van der Waals surface area contributed by atoms with Gasteiger partial charge in [0.25, 0.3) is 0 Å². The second kappa shape index (κ2) is 6.55. The quantitative estimate of drug-likeness (QED) is 0.466. The molecule has 0 N–H and O–H groups in total. The largest absolute Gasteiger partial charge is 0.453 e. The first kappa shape index (κ1) is 17.6. The molecule has 0 spiro atoms. The van der Waals surface area contributed by atoms with Crippen LogP contribution in [-0.4, -0.2) is 10.4 Å². The SMILES string of the molecule is C=CC(=O)c1cn2c(c(F)c1=O)-c1oc3c(C4=CCCC=C4)cccc3c1CC2. The summed E-state index contributed by atoms with van der Waals surface area (Å²) in [6.07, 6.45) is 11.4. The highest BCUT2D eigenvalue weighted by Gasteiger charge is 2.29. The first-order valence-corrected chi connectivity index (χ1v) is 9.61. The zero-order valence-corrected chi connectivity index (χ0v) is 15.7. The number of aromatic nitrogens is 1. The van der Waals surface area contributed by atoms with Crippen LogP contribution in [0.5, 0.6) is 0 Å². The van der Waals surface area contributed by atoms with Gasteiger partial charge >= 0.3 is 0 Å². The fraction of sp³-hybridized carbons (Fsp3) is 0.167. The van der Waals surface area contributed by atoms with Gasteiger partial charge in [0.05, 0.1) is 5.56 Å². The van der Waals surface area contributed by atoms with Gasteiger partial charge in [0.15, 0.2) is 17.4 Å². The minimum Gasteiger partial charge on any atom is -0.453 e. The van der Waals surface area contributed by atoms with Crippen molar-refractivity contribution in [3.05, 3.63) is 88.0 Å². The second-order valence-corrected chi connectivity index (χ2v) is 7.28. The number of carbonyl (C=O) groups is 1. The molecule has 29 heavy (non-hydrogen) atoms. The maximum Gasteiger partial charge on any atom is 0.229 e. The summed E-state index contributed by atoms with van der Waals surface area (Å²) in [6, 6.07) is 5.93. The van der Waals surface area contributed by atoms with E-state index in [2.05, 4.69) is 24.8 Å². The molecule has 0 saturated carbocycles. The number of rotatable bonds is 3. The van der Waals surface area contributed by atoms with Crippen LogP contribution in [0.2, 0.25) is 0 Å². The van der Waals surface area contributed by atoms with Gasteiger partial charge in [-0.3, -0.25) is 9.59 Å². The van der Waals surface area contributed by atoms with Crippen molar-refractivity contribution in [3.8, 4) is 11.5 Å². The van der Waals surface area contributed by atoms with Crippen LogP contribution in [0, 0.1) is 5.82 Å². The smallest absolute Gasteiger partial charge is 0.229 e. The summed E-state index contributed by atoms with van der Waals surface area (Å²) in [5.74, 6) is -1.18. The number of halogens is 1. The Morgan fingerprint density at radius 1 is 1.28 bits per heavy atom. The lowest BCUT2D eigenvalue weighted by Crippen LogP contribution is -2.25. The minimum absolute atomic E-state index is 0.104. The molecule has 5 rings (SSSR count). The first-order valence-electron chi connectivity index (χ1n) is 9.61. The predicted molar refractivity (Wildman–Crippen MR) is 110 cm³/mol. The summed E-state index contributed by atoms with van der Waals surface area (Å²) in [5, 5.41) is 0.932. The van der Waals surface area contributed by atoms with Crippen molar-refractivity contribution in [1.82, 2.24) is 4.57 Å². The van der Waals surface area contributed by atoms with E-state index in [1.807, 2.05) is 18.2 Å². The van der Waals surface area contributed by atoms with Gasteiger partial charge in [0, 0.05) is 29.3 Å². The van der Waals surface area contributed by atoms with E-state index >= 15 is 4.39 Å². The molecule has 5 heteroatoms. The van der Waals surface area contributed by atoms with Crippen LogP contribution in [0.4, 0.5) is 4.39 Å². The zero-order chi connectivity index (χ0) is 20.1. The molecule has 0 fully saturated rings. The molecule has 0 saturated heterocycles. The van der Waals surface area contributed by atoms with Gasteiger partial charge in [-0.25, -0.2) is 4.39 Å². The molecule has 3 heterocycles. The molecule has 144 valence electrons. The Morgan fingerprint density at radius 2 is 2.14 bits per heavy atom. The number of ketones is 1. The molecule has 0 radical (unpaired) electrons. The van der Waals surface area contributed by atoms with Gasteiger partial charge in [-0.1, -0.05) is 43.0 Å². The number of allylic oxidation sites excluding steroid dienone is 5. The number of benzene rings is 1. The Bertz CT molecular complexity index is 1320. The lowest BCUT2D eigenvalue weighted by Gasteiger charge is -2.19. The Kier molecular flexibility index (Phi) is 3.98. The van der Waals surface area contributed by atoms with Gasteiger partial charge in [0.1, 0.15) is 11.3 Å². The average molecular weight is 387 g/mol. The van der Waals surface area contributed by atoms with Crippen molar-refractivity contribution in [2.24, 2.45) is 0 Å². The van der Waals surface area contributed by atoms with Crippen LogP contribution in [0.1, 0.15) is 34.3 Å². The number of hydrogen-bond acceptors (Lipinski definition) is 3.